The number of rotatable bonds is 4. The van der Waals surface area contributed by atoms with E-state index < -0.39 is 11.6 Å². The van der Waals surface area contributed by atoms with E-state index in [1.807, 2.05) is 0 Å². The number of Topliss-reactive ketones (excluding diaryl/α,β-unsaturated/α-hetero) is 2. The second-order valence-electron chi connectivity index (χ2n) is 6.70. The molecule has 0 aromatic carbocycles. The monoisotopic (exact) mass is 372 g/mol. The van der Waals surface area contributed by atoms with E-state index in [2.05, 4.69) is 0 Å². The molecule has 0 amide bonds. The van der Waals surface area contributed by atoms with E-state index in [-0.39, 0.29) is 33.8 Å². The molecule has 3 rings (SSSR count). The Labute approximate surface area is 152 Å². The molecule has 3 aliphatic rings. The first-order chi connectivity index (χ1) is 11.6. The smallest absolute Gasteiger partial charge is 0.265 e. The Hall–Kier alpha value is -1.00. The van der Waals surface area contributed by atoms with Crippen LogP contribution in [-0.2, 0) is 19.1 Å². The van der Waals surface area contributed by atoms with Crippen molar-refractivity contribution in [3.8, 4) is 0 Å². The van der Waals surface area contributed by atoms with Crippen LogP contribution in [0.1, 0.15) is 64.2 Å². The fourth-order valence-electron chi connectivity index (χ4n) is 3.51. The zero-order valence-corrected chi connectivity index (χ0v) is 15.1. The van der Waals surface area contributed by atoms with Crippen molar-refractivity contribution in [2.75, 3.05) is 0 Å². The third-order valence-electron chi connectivity index (χ3n) is 4.88. The molecular weight excluding hydrogens is 351 g/mol. The quantitative estimate of drug-likeness (QED) is 0.668. The van der Waals surface area contributed by atoms with Gasteiger partial charge in [0.2, 0.25) is 5.78 Å². The first-order valence-corrected chi connectivity index (χ1v) is 9.55. The van der Waals surface area contributed by atoms with Crippen LogP contribution >= 0.6 is 23.2 Å². The first kappa shape index (κ1) is 17.8. The molecule has 0 bridgehead atoms. The fraction of sp³-hybridized carbons (Fsp3) is 0.667. The largest absolute Gasteiger partial charge is 0.485 e. The van der Waals surface area contributed by atoms with Gasteiger partial charge in [-0.05, 0) is 51.4 Å². The number of halogens is 2. The van der Waals surface area contributed by atoms with Crippen LogP contribution in [0.4, 0.5) is 0 Å². The van der Waals surface area contributed by atoms with E-state index in [4.69, 9.17) is 32.7 Å². The Bertz CT molecular complexity index is 534. The van der Waals surface area contributed by atoms with Crippen molar-refractivity contribution < 1.29 is 19.1 Å². The molecule has 0 N–H and O–H groups in total. The van der Waals surface area contributed by atoms with Crippen LogP contribution in [0.3, 0.4) is 0 Å². The predicted molar refractivity (Wildman–Crippen MR) is 91.7 cm³/mol. The van der Waals surface area contributed by atoms with Gasteiger partial charge < -0.3 is 9.47 Å². The van der Waals surface area contributed by atoms with Crippen molar-refractivity contribution in [1.82, 2.24) is 0 Å². The summed E-state index contributed by atoms with van der Waals surface area (Å²) in [7, 11) is 0. The molecule has 4 nitrogen and oxygen atoms in total. The van der Waals surface area contributed by atoms with Gasteiger partial charge in [-0.3, -0.25) is 9.59 Å². The van der Waals surface area contributed by atoms with Crippen molar-refractivity contribution in [3.05, 3.63) is 21.6 Å². The third-order valence-corrected chi connectivity index (χ3v) is 5.57. The number of ether oxygens (including phenoxy) is 2. The predicted octanol–water partition coefficient (Wildman–Crippen LogP) is 4.74. The van der Waals surface area contributed by atoms with E-state index in [1.165, 1.54) is 12.8 Å². The number of carbonyl (C=O) groups excluding carboxylic acids is 2. The Morgan fingerprint density at radius 3 is 1.38 bits per heavy atom. The molecule has 0 atom stereocenters. The van der Waals surface area contributed by atoms with E-state index in [9.17, 15) is 9.59 Å². The van der Waals surface area contributed by atoms with Gasteiger partial charge in [0, 0.05) is 0 Å². The van der Waals surface area contributed by atoms with Gasteiger partial charge in [-0.15, -0.1) is 0 Å². The van der Waals surface area contributed by atoms with Crippen LogP contribution in [0.15, 0.2) is 21.6 Å². The molecule has 0 radical (unpaired) electrons. The molecule has 2 saturated carbocycles. The van der Waals surface area contributed by atoms with E-state index >= 15 is 0 Å². The van der Waals surface area contributed by atoms with Crippen molar-refractivity contribution in [3.63, 3.8) is 0 Å². The van der Waals surface area contributed by atoms with Crippen LogP contribution in [0, 0.1) is 0 Å². The Kier molecular flexibility index (Phi) is 5.88. The van der Waals surface area contributed by atoms with Crippen LogP contribution in [0.5, 0.6) is 0 Å². The van der Waals surface area contributed by atoms with Crippen LogP contribution in [0.2, 0.25) is 0 Å². The zero-order valence-electron chi connectivity index (χ0n) is 13.6. The van der Waals surface area contributed by atoms with Crippen molar-refractivity contribution in [2.24, 2.45) is 0 Å². The lowest BCUT2D eigenvalue weighted by molar-refractivity contribution is -0.124. The molecule has 3 aliphatic carbocycles. The Morgan fingerprint density at radius 1 is 0.625 bits per heavy atom. The summed E-state index contributed by atoms with van der Waals surface area (Å²) in [6.07, 6.45) is 9.87. The maximum absolute atomic E-state index is 12.8. The molecule has 0 aromatic rings. The minimum atomic E-state index is -0.588. The van der Waals surface area contributed by atoms with Crippen molar-refractivity contribution >= 4 is 34.8 Å². The molecule has 0 aromatic heterocycles. The highest BCUT2D eigenvalue weighted by atomic mass is 35.5. The zero-order chi connectivity index (χ0) is 17.1. The standard InChI is InChI=1S/C18H22Cl2O4/c19-13-15(21)14(20)18(24-12-9-5-2-6-10-12)16(22)17(13)23-11-7-3-1-4-8-11/h11-12H,1-10H2. The van der Waals surface area contributed by atoms with Crippen LogP contribution in [0.25, 0.3) is 0 Å². The SMILES string of the molecule is O=C1C(Cl)=C(OC2CCCCC2)C(=O)C(OC2CCCCC2)=C1Cl. The molecule has 24 heavy (non-hydrogen) atoms. The van der Waals surface area contributed by atoms with E-state index in [1.54, 1.807) is 0 Å². The number of ketones is 2. The minimum absolute atomic E-state index is 0.0768. The topological polar surface area (TPSA) is 52.6 Å². The average Bonchev–Trinajstić information content (AvgIpc) is 2.62. The molecular formula is C18H22Cl2O4. The number of allylic oxidation sites excluding steroid dienone is 2. The summed E-state index contributed by atoms with van der Waals surface area (Å²) in [5, 5.41) is -0.460. The van der Waals surface area contributed by atoms with Crippen LogP contribution in [-0.4, -0.2) is 23.8 Å². The van der Waals surface area contributed by atoms with E-state index in [0.717, 1.165) is 51.4 Å². The van der Waals surface area contributed by atoms with Crippen LogP contribution < -0.4 is 0 Å². The lowest BCUT2D eigenvalue weighted by Gasteiger charge is -2.28. The lowest BCUT2D eigenvalue weighted by Crippen LogP contribution is -2.29. The van der Waals surface area contributed by atoms with Gasteiger partial charge in [0.15, 0.2) is 11.5 Å². The Morgan fingerprint density at radius 2 is 1.00 bits per heavy atom. The minimum Gasteiger partial charge on any atom is -0.485 e. The van der Waals surface area contributed by atoms with Gasteiger partial charge in [0.25, 0.3) is 5.78 Å². The molecule has 0 unspecified atom stereocenters. The third kappa shape index (κ3) is 3.80. The molecule has 6 heteroatoms. The summed E-state index contributed by atoms with van der Waals surface area (Å²) in [4.78, 5) is 25.0. The van der Waals surface area contributed by atoms with Gasteiger partial charge in [-0.2, -0.15) is 0 Å². The van der Waals surface area contributed by atoms with Gasteiger partial charge in [0.1, 0.15) is 10.1 Å². The fourth-order valence-corrected chi connectivity index (χ4v) is 4.01. The van der Waals surface area contributed by atoms with Gasteiger partial charge in [-0.1, -0.05) is 36.0 Å². The summed E-state index contributed by atoms with van der Waals surface area (Å²) in [5.41, 5.74) is 0. The number of hydrogen-bond donors (Lipinski definition) is 0. The summed E-state index contributed by atoms with van der Waals surface area (Å²) in [5.74, 6) is -1.28. The molecule has 0 spiro atoms. The molecule has 132 valence electrons. The summed E-state index contributed by atoms with van der Waals surface area (Å²) in [6, 6.07) is 0. The highest BCUT2D eigenvalue weighted by Gasteiger charge is 2.38. The molecule has 0 heterocycles. The number of carbonyl (C=O) groups is 2. The summed E-state index contributed by atoms with van der Waals surface area (Å²) in [6.45, 7) is 0. The Balaban J connectivity index is 1.76. The second-order valence-corrected chi connectivity index (χ2v) is 7.46. The van der Waals surface area contributed by atoms with E-state index in [0.29, 0.717) is 0 Å². The molecule has 0 aliphatic heterocycles. The molecule has 2 fully saturated rings. The van der Waals surface area contributed by atoms with Gasteiger partial charge in [-0.25, -0.2) is 0 Å². The summed E-state index contributed by atoms with van der Waals surface area (Å²) >= 11 is 12.1. The molecule has 0 saturated heterocycles. The maximum atomic E-state index is 12.8. The first-order valence-electron chi connectivity index (χ1n) is 8.80. The number of hydrogen-bond acceptors (Lipinski definition) is 4. The maximum Gasteiger partial charge on any atom is 0.265 e. The lowest BCUT2D eigenvalue weighted by atomic mass is 9.97. The second kappa shape index (κ2) is 7.92. The van der Waals surface area contributed by atoms with Gasteiger partial charge in [0.05, 0.1) is 12.2 Å². The highest BCUT2D eigenvalue weighted by Crippen LogP contribution is 2.35. The van der Waals surface area contributed by atoms with Crippen molar-refractivity contribution in [1.29, 1.82) is 0 Å². The van der Waals surface area contributed by atoms with Crippen molar-refractivity contribution in [2.45, 2.75) is 76.4 Å². The van der Waals surface area contributed by atoms with Gasteiger partial charge >= 0.3 is 0 Å². The summed E-state index contributed by atoms with van der Waals surface area (Å²) < 4.78 is 11.6. The normalized spacial score (nSPS) is 24.6. The average molecular weight is 373 g/mol. The highest BCUT2D eigenvalue weighted by molar-refractivity contribution is 6.58.